The molecule has 0 bridgehead atoms. The number of carbonyl (C=O) groups is 1. The van der Waals surface area contributed by atoms with Gasteiger partial charge < -0.3 is 29.6 Å². The van der Waals surface area contributed by atoms with Crippen molar-refractivity contribution in [3.63, 3.8) is 0 Å². The van der Waals surface area contributed by atoms with Gasteiger partial charge in [0.05, 0.1) is 54.4 Å². The number of carbonyl (C=O) groups excluding carboxylic acids is 1. The molecule has 234 valence electrons. The number of nitro groups is 1. The van der Waals surface area contributed by atoms with Gasteiger partial charge >= 0.3 is 0 Å². The van der Waals surface area contributed by atoms with Crippen molar-refractivity contribution >= 4 is 40.3 Å². The molecular formula is C33H36N6O5S. The number of aryl methyl sites for hydroxylation is 1. The lowest BCUT2D eigenvalue weighted by Crippen LogP contribution is -2.30. The molecule has 1 aliphatic heterocycles. The minimum atomic E-state index is -0.583. The number of anilines is 2. The third kappa shape index (κ3) is 5.93. The molecule has 45 heavy (non-hydrogen) atoms. The summed E-state index contributed by atoms with van der Waals surface area (Å²) in [6, 6.07) is 17.4. The highest BCUT2D eigenvalue weighted by Crippen LogP contribution is 2.45. The smallest absolute Gasteiger partial charge is 0.273 e. The molecule has 0 radical (unpaired) electrons. The Morgan fingerprint density at radius 3 is 2.40 bits per heavy atom. The van der Waals surface area contributed by atoms with Crippen molar-refractivity contribution < 1.29 is 19.2 Å². The lowest BCUT2D eigenvalue weighted by molar-refractivity contribution is -0.384. The van der Waals surface area contributed by atoms with Crippen LogP contribution in [0, 0.1) is 29.4 Å². The van der Waals surface area contributed by atoms with Gasteiger partial charge in [0.15, 0.2) is 5.11 Å². The summed E-state index contributed by atoms with van der Waals surface area (Å²) in [5.41, 5.74) is 4.96. The first-order valence-corrected chi connectivity index (χ1v) is 14.8. The fraction of sp³-hybridized carbons (Fsp3) is 0.303. The topological polar surface area (TPSA) is 124 Å². The van der Waals surface area contributed by atoms with Crippen LogP contribution in [-0.2, 0) is 4.79 Å². The third-order valence-electron chi connectivity index (χ3n) is 7.89. The van der Waals surface area contributed by atoms with Crippen LogP contribution >= 0.6 is 12.2 Å². The Labute approximate surface area is 267 Å². The second-order valence-corrected chi connectivity index (χ2v) is 12.2. The molecule has 3 heterocycles. The number of benzene rings is 2. The number of methoxy groups -OCH3 is 2. The summed E-state index contributed by atoms with van der Waals surface area (Å²) in [4.78, 5) is 30.5. The van der Waals surface area contributed by atoms with E-state index in [1.165, 1.54) is 19.2 Å². The second kappa shape index (κ2) is 12.2. The van der Waals surface area contributed by atoms with E-state index in [0.29, 0.717) is 28.0 Å². The number of amides is 1. The molecule has 0 aliphatic carbocycles. The van der Waals surface area contributed by atoms with Crippen molar-refractivity contribution in [3.8, 4) is 17.2 Å². The summed E-state index contributed by atoms with van der Waals surface area (Å²) < 4.78 is 13.3. The largest absolute Gasteiger partial charge is 0.494 e. The maximum absolute atomic E-state index is 12.8. The predicted molar refractivity (Wildman–Crippen MR) is 177 cm³/mol. The van der Waals surface area contributed by atoms with Gasteiger partial charge in [-0.3, -0.25) is 19.9 Å². The molecule has 1 amide bonds. The summed E-state index contributed by atoms with van der Waals surface area (Å²) in [5.74, 6) is 0.747. The van der Waals surface area contributed by atoms with Gasteiger partial charge in [0.1, 0.15) is 11.5 Å². The minimum absolute atomic E-state index is 0.0545. The van der Waals surface area contributed by atoms with E-state index in [9.17, 15) is 14.9 Å². The number of nitrogens with one attached hydrogen (secondary N) is 2. The number of hydrogen-bond acceptors (Lipinski definition) is 7. The van der Waals surface area contributed by atoms with Crippen LogP contribution < -0.4 is 25.0 Å². The monoisotopic (exact) mass is 628 g/mol. The van der Waals surface area contributed by atoms with Crippen molar-refractivity contribution in [1.82, 2.24) is 14.9 Å². The van der Waals surface area contributed by atoms with Gasteiger partial charge in [-0.1, -0.05) is 26.8 Å². The Kier molecular flexibility index (Phi) is 8.53. The zero-order chi connectivity index (χ0) is 32.6. The normalized spacial score (nSPS) is 16.3. The zero-order valence-electron chi connectivity index (χ0n) is 26.2. The molecule has 2 aromatic heterocycles. The van der Waals surface area contributed by atoms with Gasteiger partial charge in [-0.2, -0.15) is 0 Å². The predicted octanol–water partition coefficient (Wildman–Crippen LogP) is 6.58. The number of non-ortho nitro benzene ring substituents is 1. The van der Waals surface area contributed by atoms with Gasteiger partial charge in [0.25, 0.3) is 5.69 Å². The van der Waals surface area contributed by atoms with Crippen LogP contribution in [0.1, 0.15) is 55.5 Å². The number of rotatable bonds is 8. The lowest BCUT2D eigenvalue weighted by Gasteiger charge is -2.29. The number of pyridine rings is 1. The Balaban J connectivity index is 1.65. The first-order valence-electron chi connectivity index (χ1n) is 14.4. The Bertz CT molecular complexity index is 1780. The highest BCUT2D eigenvalue weighted by Gasteiger charge is 2.42. The average Bonchev–Trinajstić information content (AvgIpc) is 3.51. The van der Waals surface area contributed by atoms with Crippen LogP contribution in [0.4, 0.5) is 17.1 Å². The van der Waals surface area contributed by atoms with Crippen molar-refractivity contribution in [2.75, 3.05) is 24.4 Å². The van der Waals surface area contributed by atoms with E-state index in [-0.39, 0.29) is 23.7 Å². The number of nitrogens with zero attached hydrogens (tertiary/aromatic N) is 4. The number of ether oxygens (including phenoxy) is 2. The third-order valence-corrected chi connectivity index (χ3v) is 8.21. The van der Waals surface area contributed by atoms with E-state index in [0.717, 1.165) is 28.3 Å². The summed E-state index contributed by atoms with van der Waals surface area (Å²) in [6.45, 7) is 9.53. The van der Waals surface area contributed by atoms with Crippen LogP contribution in [0.15, 0.2) is 66.9 Å². The molecule has 4 aromatic rings. The van der Waals surface area contributed by atoms with E-state index in [2.05, 4.69) is 21.7 Å². The molecule has 2 aromatic carbocycles. The molecule has 1 fully saturated rings. The molecule has 2 atom stereocenters. The first kappa shape index (κ1) is 31.5. The molecule has 2 N–H and O–H groups in total. The summed E-state index contributed by atoms with van der Waals surface area (Å²) >= 11 is 5.95. The fourth-order valence-corrected chi connectivity index (χ4v) is 5.96. The van der Waals surface area contributed by atoms with E-state index < -0.39 is 10.3 Å². The molecule has 1 aliphatic rings. The quantitative estimate of drug-likeness (QED) is 0.127. The highest BCUT2D eigenvalue weighted by atomic mass is 32.1. The van der Waals surface area contributed by atoms with Crippen LogP contribution in [0.2, 0.25) is 0 Å². The number of thiocarbonyl (C=S) groups is 1. The molecule has 1 saturated heterocycles. The maximum atomic E-state index is 12.8. The lowest BCUT2D eigenvalue weighted by atomic mass is 9.95. The summed E-state index contributed by atoms with van der Waals surface area (Å²) in [7, 11) is 3.06. The number of hydrogen-bond donors (Lipinski definition) is 2. The van der Waals surface area contributed by atoms with Crippen molar-refractivity contribution in [1.29, 1.82) is 0 Å². The van der Waals surface area contributed by atoms with Gasteiger partial charge in [-0.25, -0.2) is 0 Å². The Hall–Kier alpha value is -4.97. The average molecular weight is 629 g/mol. The van der Waals surface area contributed by atoms with Crippen LogP contribution in [0.3, 0.4) is 0 Å². The Morgan fingerprint density at radius 1 is 1.04 bits per heavy atom. The Morgan fingerprint density at radius 2 is 1.78 bits per heavy atom. The standard InChI is InChI=1S/C33H36N6O5S/c1-19-16-23(20(2)37(19)26-14-12-22(39(41)42)18-28(26)44-7)30-29(25-10-8-9-15-34-25)36-32(45)38(30)21-11-13-24(27(17-21)43-6)35-31(40)33(3,4)5/h8-18,29-30H,1-7H3,(H,35,40)(H,36,45)/t29-,30-/m1/s1. The van der Waals surface area contributed by atoms with E-state index in [1.54, 1.807) is 19.4 Å². The molecule has 12 heteroatoms. The second-order valence-electron chi connectivity index (χ2n) is 11.9. The van der Waals surface area contributed by atoms with Gasteiger partial charge in [0, 0.05) is 40.8 Å². The minimum Gasteiger partial charge on any atom is -0.494 e. The first-order chi connectivity index (χ1) is 21.3. The number of aromatic nitrogens is 2. The van der Waals surface area contributed by atoms with Crippen LogP contribution in [0.5, 0.6) is 11.5 Å². The van der Waals surface area contributed by atoms with Gasteiger partial charge in [-0.15, -0.1) is 0 Å². The molecule has 0 unspecified atom stereocenters. The summed E-state index contributed by atoms with van der Waals surface area (Å²) in [6.07, 6.45) is 1.75. The molecule has 0 saturated carbocycles. The number of nitro benzene ring substituents is 1. The zero-order valence-corrected chi connectivity index (χ0v) is 27.1. The highest BCUT2D eigenvalue weighted by molar-refractivity contribution is 7.80. The van der Waals surface area contributed by atoms with Crippen molar-refractivity contribution in [2.45, 2.75) is 46.7 Å². The van der Waals surface area contributed by atoms with Crippen molar-refractivity contribution in [2.24, 2.45) is 5.41 Å². The molecule has 11 nitrogen and oxygen atoms in total. The van der Waals surface area contributed by atoms with Gasteiger partial charge in [0.2, 0.25) is 5.91 Å². The van der Waals surface area contributed by atoms with Crippen LogP contribution in [0.25, 0.3) is 5.69 Å². The van der Waals surface area contributed by atoms with E-state index >= 15 is 0 Å². The van der Waals surface area contributed by atoms with E-state index in [4.69, 9.17) is 21.7 Å². The van der Waals surface area contributed by atoms with Crippen LogP contribution in [-0.4, -0.2) is 39.7 Å². The SMILES string of the molecule is COc1cc(N2C(=S)N[C@H](c3ccccn3)[C@H]2c2cc(C)n(-c3ccc([N+](=O)[O-])cc3OC)c2C)ccc1NC(=O)C(C)(C)C. The van der Waals surface area contributed by atoms with E-state index in [1.807, 2.05) is 80.5 Å². The molecular weight excluding hydrogens is 592 g/mol. The maximum Gasteiger partial charge on any atom is 0.273 e. The van der Waals surface area contributed by atoms with Crippen molar-refractivity contribution in [3.05, 3.63) is 99.6 Å². The summed E-state index contributed by atoms with van der Waals surface area (Å²) in [5, 5.41) is 18.4. The molecule has 5 rings (SSSR count). The fourth-order valence-electron chi connectivity index (χ4n) is 5.61. The molecule has 0 spiro atoms. The van der Waals surface area contributed by atoms with Gasteiger partial charge in [-0.05, 0) is 68.0 Å².